The number of ether oxygens (including phenoxy) is 2. The number of carbonyl (C=O) groups is 1. The fourth-order valence-corrected chi connectivity index (χ4v) is 3.62. The molecule has 176 valence electrons. The van der Waals surface area contributed by atoms with E-state index in [2.05, 4.69) is 15.3 Å². The van der Waals surface area contributed by atoms with Crippen LogP contribution in [-0.4, -0.2) is 23.4 Å². The van der Waals surface area contributed by atoms with Gasteiger partial charge in [0.05, 0.1) is 18.2 Å². The van der Waals surface area contributed by atoms with Crippen LogP contribution in [0.25, 0.3) is 22.2 Å². The lowest BCUT2D eigenvalue weighted by Crippen LogP contribution is -1.98. The first-order valence-electron chi connectivity index (χ1n) is 10.7. The maximum atomic E-state index is 11.0. The highest BCUT2D eigenvalue weighted by atomic mass is 35.5. The lowest BCUT2D eigenvalue weighted by atomic mass is 10.1. The summed E-state index contributed by atoms with van der Waals surface area (Å²) >= 11 is 0. The Balaban J connectivity index is 0.00000289. The molecular weight excluding hydrogens is 466 g/mol. The molecule has 8 heteroatoms. The van der Waals surface area contributed by atoms with E-state index in [0.717, 1.165) is 22.4 Å². The number of halogens is 1. The quantitative estimate of drug-likeness (QED) is 0.251. The topological polar surface area (TPSA) is 86.5 Å². The monoisotopic (exact) mass is 487 g/mol. The highest BCUT2D eigenvalue weighted by Gasteiger charge is 2.15. The normalized spacial score (nSPS) is 10.4. The van der Waals surface area contributed by atoms with Gasteiger partial charge in [-0.25, -0.2) is 9.97 Å². The van der Waals surface area contributed by atoms with Gasteiger partial charge in [0, 0.05) is 17.1 Å². The van der Waals surface area contributed by atoms with E-state index in [0.29, 0.717) is 41.3 Å². The molecule has 0 saturated carbocycles. The summed E-state index contributed by atoms with van der Waals surface area (Å²) in [6.07, 6.45) is 2.17. The van der Waals surface area contributed by atoms with E-state index in [-0.39, 0.29) is 18.2 Å². The van der Waals surface area contributed by atoms with Gasteiger partial charge in [0.15, 0.2) is 12.0 Å². The molecule has 0 aliphatic carbocycles. The number of rotatable bonds is 8. The van der Waals surface area contributed by atoms with Crippen molar-refractivity contribution in [1.29, 1.82) is 0 Å². The minimum atomic E-state index is 0. The highest BCUT2D eigenvalue weighted by molar-refractivity contribution is 5.95. The molecule has 0 bridgehead atoms. The number of aromatic nitrogens is 2. The lowest BCUT2D eigenvalue weighted by Gasteiger charge is -2.12. The van der Waals surface area contributed by atoms with Crippen molar-refractivity contribution in [2.75, 3.05) is 12.4 Å². The summed E-state index contributed by atoms with van der Waals surface area (Å²) in [6.45, 7) is 0.507. The number of carbonyl (C=O) groups excluding carboxylic acids is 1. The maximum absolute atomic E-state index is 11.0. The third-order valence-corrected chi connectivity index (χ3v) is 5.33. The summed E-state index contributed by atoms with van der Waals surface area (Å²) < 4.78 is 17.0. The first-order chi connectivity index (χ1) is 16.7. The molecule has 0 unspecified atom stereocenters. The molecule has 2 heterocycles. The SMILES string of the molecule is COc1cc2ncnc(Nc3ccc(OCc4ccccc4)cc3)c2cc1-c1ccc(C=O)o1.Cl. The zero-order valence-electron chi connectivity index (χ0n) is 18.8. The average Bonchev–Trinajstić information content (AvgIpc) is 3.37. The van der Waals surface area contributed by atoms with Crippen LogP contribution in [0.3, 0.4) is 0 Å². The number of anilines is 2. The van der Waals surface area contributed by atoms with Crippen molar-refractivity contribution in [1.82, 2.24) is 9.97 Å². The van der Waals surface area contributed by atoms with Gasteiger partial charge in [0.1, 0.15) is 36.0 Å². The number of aldehydes is 1. The second-order valence-electron chi connectivity index (χ2n) is 7.54. The molecule has 5 aromatic rings. The molecule has 0 aliphatic rings. The van der Waals surface area contributed by atoms with E-state index < -0.39 is 0 Å². The molecule has 0 atom stereocenters. The Morgan fingerprint density at radius 1 is 0.971 bits per heavy atom. The number of hydrogen-bond acceptors (Lipinski definition) is 7. The predicted molar refractivity (Wildman–Crippen MR) is 137 cm³/mol. The number of benzene rings is 3. The van der Waals surface area contributed by atoms with Crippen molar-refractivity contribution in [2.24, 2.45) is 0 Å². The molecule has 0 saturated heterocycles. The molecule has 0 spiro atoms. The van der Waals surface area contributed by atoms with Crippen LogP contribution in [0.1, 0.15) is 16.1 Å². The Hall–Kier alpha value is -4.36. The van der Waals surface area contributed by atoms with Crippen LogP contribution in [0.4, 0.5) is 11.5 Å². The first-order valence-corrected chi connectivity index (χ1v) is 10.7. The van der Waals surface area contributed by atoms with Crippen LogP contribution in [0.2, 0.25) is 0 Å². The maximum Gasteiger partial charge on any atom is 0.185 e. The van der Waals surface area contributed by atoms with Crippen molar-refractivity contribution >= 4 is 41.1 Å². The Kier molecular flexibility index (Phi) is 7.28. The van der Waals surface area contributed by atoms with E-state index in [1.54, 1.807) is 19.2 Å². The van der Waals surface area contributed by atoms with Gasteiger partial charge in [0.25, 0.3) is 0 Å². The van der Waals surface area contributed by atoms with Gasteiger partial charge in [-0.05, 0) is 48.0 Å². The smallest absolute Gasteiger partial charge is 0.185 e. The minimum Gasteiger partial charge on any atom is -0.496 e. The van der Waals surface area contributed by atoms with E-state index >= 15 is 0 Å². The van der Waals surface area contributed by atoms with E-state index in [4.69, 9.17) is 13.9 Å². The fraction of sp³-hybridized carbons (Fsp3) is 0.0741. The van der Waals surface area contributed by atoms with Gasteiger partial charge >= 0.3 is 0 Å². The number of hydrogen-bond donors (Lipinski definition) is 1. The van der Waals surface area contributed by atoms with Gasteiger partial charge in [-0.2, -0.15) is 0 Å². The third kappa shape index (κ3) is 5.26. The molecule has 2 aromatic heterocycles. The zero-order chi connectivity index (χ0) is 23.3. The van der Waals surface area contributed by atoms with Gasteiger partial charge < -0.3 is 19.2 Å². The van der Waals surface area contributed by atoms with Crippen molar-refractivity contribution < 1.29 is 18.7 Å². The molecule has 0 amide bonds. The summed E-state index contributed by atoms with van der Waals surface area (Å²) in [5.41, 5.74) is 3.37. The molecule has 0 fully saturated rings. The molecule has 3 aromatic carbocycles. The summed E-state index contributed by atoms with van der Waals surface area (Å²) in [5, 5.41) is 4.13. The Bertz CT molecular complexity index is 1440. The third-order valence-electron chi connectivity index (χ3n) is 5.33. The van der Waals surface area contributed by atoms with Gasteiger partial charge in [-0.1, -0.05) is 30.3 Å². The van der Waals surface area contributed by atoms with Crippen molar-refractivity contribution in [2.45, 2.75) is 6.61 Å². The van der Waals surface area contributed by atoms with E-state index in [1.165, 1.54) is 6.33 Å². The minimum absolute atomic E-state index is 0. The van der Waals surface area contributed by atoms with Crippen molar-refractivity contribution in [3.05, 3.63) is 96.5 Å². The number of furan rings is 1. The van der Waals surface area contributed by atoms with Crippen molar-refractivity contribution in [3.63, 3.8) is 0 Å². The van der Waals surface area contributed by atoms with Gasteiger partial charge in [-0.3, -0.25) is 4.79 Å². The zero-order valence-corrected chi connectivity index (χ0v) is 19.6. The second-order valence-corrected chi connectivity index (χ2v) is 7.54. The molecule has 5 rings (SSSR count). The standard InChI is InChI=1S/C27H21N3O4.ClH/c1-32-26-14-24-22(13-23(26)25-12-11-21(15-31)34-25)27(29-17-28-24)30-19-7-9-20(10-8-19)33-16-18-5-3-2-4-6-18;/h2-15,17H,16H2,1H3,(H,28,29,30);1H. The summed E-state index contributed by atoms with van der Waals surface area (Å²) in [7, 11) is 1.58. The summed E-state index contributed by atoms with van der Waals surface area (Å²) in [5.74, 6) is 2.76. The molecule has 0 radical (unpaired) electrons. The largest absolute Gasteiger partial charge is 0.496 e. The summed E-state index contributed by atoms with van der Waals surface area (Å²) in [4.78, 5) is 19.9. The Labute approximate surface area is 208 Å². The van der Waals surface area contributed by atoms with Crippen LogP contribution in [0.5, 0.6) is 11.5 Å². The van der Waals surface area contributed by atoms with Crippen LogP contribution in [0.15, 0.2) is 89.6 Å². The lowest BCUT2D eigenvalue weighted by molar-refractivity contribution is 0.110. The number of nitrogens with zero attached hydrogens (tertiary/aromatic N) is 2. The van der Waals surface area contributed by atoms with Crippen LogP contribution in [-0.2, 0) is 6.61 Å². The van der Waals surface area contributed by atoms with E-state index in [1.807, 2.05) is 66.7 Å². The molecule has 7 nitrogen and oxygen atoms in total. The van der Waals surface area contributed by atoms with Crippen molar-refractivity contribution in [3.8, 4) is 22.8 Å². The van der Waals surface area contributed by atoms with Crippen LogP contribution in [0, 0.1) is 0 Å². The average molecular weight is 488 g/mol. The Morgan fingerprint density at radius 3 is 2.49 bits per heavy atom. The number of fused-ring (bicyclic) bond motifs is 1. The molecule has 0 aliphatic heterocycles. The van der Waals surface area contributed by atoms with E-state index in [9.17, 15) is 4.79 Å². The fourth-order valence-electron chi connectivity index (χ4n) is 3.62. The predicted octanol–water partition coefficient (Wildman–Crippen LogP) is 6.46. The van der Waals surface area contributed by atoms with Gasteiger partial charge in [-0.15, -0.1) is 12.4 Å². The van der Waals surface area contributed by atoms with Gasteiger partial charge in [0.2, 0.25) is 0 Å². The van der Waals surface area contributed by atoms with Crippen LogP contribution < -0.4 is 14.8 Å². The highest BCUT2D eigenvalue weighted by Crippen LogP contribution is 2.36. The molecule has 1 N–H and O–H groups in total. The summed E-state index contributed by atoms with van der Waals surface area (Å²) in [6, 6.07) is 24.8. The molecule has 35 heavy (non-hydrogen) atoms. The van der Waals surface area contributed by atoms with Crippen LogP contribution >= 0.6 is 12.4 Å². The Morgan fingerprint density at radius 2 is 1.77 bits per heavy atom. The number of methoxy groups -OCH3 is 1. The number of nitrogens with one attached hydrogen (secondary N) is 1. The molecular formula is C27H22ClN3O4. The first kappa shape index (κ1) is 23.8. The second kappa shape index (κ2) is 10.7.